The Balaban J connectivity index is 1.77. The lowest BCUT2D eigenvalue weighted by Crippen LogP contribution is -2.59. The number of nitrogens with one attached hydrogen (secondary N) is 1. The second-order valence-electron chi connectivity index (χ2n) is 4.78. The Kier molecular flexibility index (Phi) is 4.09. The number of tetrazole rings is 1. The molecule has 0 bridgehead atoms. The number of alkyl halides is 3. The van der Waals surface area contributed by atoms with E-state index in [-0.39, 0.29) is 19.6 Å². The third kappa shape index (κ3) is 3.67. The molecule has 11 heteroatoms. The zero-order chi connectivity index (χ0) is 15.6. The van der Waals surface area contributed by atoms with E-state index in [1.165, 1.54) is 13.3 Å². The van der Waals surface area contributed by atoms with E-state index in [9.17, 15) is 22.8 Å². The van der Waals surface area contributed by atoms with Crippen molar-refractivity contribution in [2.75, 3.05) is 13.1 Å². The molecule has 0 saturated carbocycles. The maximum atomic E-state index is 12.3. The van der Waals surface area contributed by atoms with Crippen LogP contribution >= 0.6 is 0 Å². The zero-order valence-corrected chi connectivity index (χ0v) is 11.0. The maximum absolute atomic E-state index is 12.3. The van der Waals surface area contributed by atoms with Crippen molar-refractivity contribution in [3.63, 3.8) is 0 Å². The molecule has 0 unspecified atom stereocenters. The number of rotatable bonds is 4. The summed E-state index contributed by atoms with van der Waals surface area (Å²) in [5, 5.41) is 12.6. The zero-order valence-electron chi connectivity index (χ0n) is 11.0. The van der Waals surface area contributed by atoms with Crippen molar-refractivity contribution in [1.82, 2.24) is 30.4 Å². The molecule has 0 aromatic carbocycles. The van der Waals surface area contributed by atoms with Crippen LogP contribution in [-0.4, -0.2) is 62.2 Å². The van der Waals surface area contributed by atoms with Gasteiger partial charge in [-0.15, -0.1) is 5.10 Å². The van der Waals surface area contributed by atoms with Crippen LogP contribution in [-0.2, 0) is 16.1 Å². The van der Waals surface area contributed by atoms with Crippen LogP contribution in [0.3, 0.4) is 0 Å². The number of nitrogens with zero attached hydrogens (tertiary/aromatic N) is 5. The first-order valence-corrected chi connectivity index (χ1v) is 6.13. The highest BCUT2D eigenvalue weighted by Crippen LogP contribution is 2.33. The summed E-state index contributed by atoms with van der Waals surface area (Å²) in [5.41, 5.74) is 0. The normalized spacial score (nSPS) is 17.2. The van der Waals surface area contributed by atoms with Gasteiger partial charge in [-0.25, -0.2) is 4.68 Å². The average molecular weight is 306 g/mol. The largest absolute Gasteiger partial charge is 0.395 e. The summed E-state index contributed by atoms with van der Waals surface area (Å²) in [7, 11) is 0. The molecule has 0 spiro atoms. The lowest BCUT2D eigenvalue weighted by atomic mass is 9.98. The van der Waals surface area contributed by atoms with Gasteiger partial charge >= 0.3 is 6.18 Å². The van der Waals surface area contributed by atoms with Gasteiger partial charge in [0.2, 0.25) is 11.8 Å². The summed E-state index contributed by atoms with van der Waals surface area (Å²) in [4.78, 5) is 24.5. The van der Waals surface area contributed by atoms with E-state index in [1.807, 2.05) is 0 Å². The number of halogens is 3. The van der Waals surface area contributed by atoms with Gasteiger partial charge < -0.3 is 10.2 Å². The van der Waals surface area contributed by atoms with E-state index in [1.54, 1.807) is 0 Å². The average Bonchev–Trinajstić information content (AvgIpc) is 2.77. The van der Waals surface area contributed by atoms with Crippen molar-refractivity contribution >= 4 is 11.8 Å². The quantitative estimate of drug-likeness (QED) is 0.786. The van der Waals surface area contributed by atoms with Crippen molar-refractivity contribution in [1.29, 1.82) is 0 Å². The summed E-state index contributed by atoms with van der Waals surface area (Å²) >= 11 is 0. The van der Waals surface area contributed by atoms with Crippen LogP contribution in [0.1, 0.15) is 6.92 Å². The summed E-state index contributed by atoms with van der Waals surface area (Å²) in [5.74, 6) is -2.53. The predicted octanol–water partition coefficient (Wildman–Crippen LogP) is -0.802. The summed E-state index contributed by atoms with van der Waals surface area (Å²) in [6.07, 6.45) is -3.06. The van der Waals surface area contributed by atoms with Gasteiger partial charge in [0.1, 0.15) is 18.9 Å². The van der Waals surface area contributed by atoms with E-state index < -0.39 is 30.0 Å². The molecule has 2 heterocycles. The highest BCUT2D eigenvalue weighted by molar-refractivity contribution is 5.87. The maximum Gasteiger partial charge on any atom is 0.395 e. The number of amides is 2. The molecule has 1 saturated heterocycles. The topological polar surface area (TPSA) is 93.0 Å². The molecule has 2 amide bonds. The molecule has 21 heavy (non-hydrogen) atoms. The van der Waals surface area contributed by atoms with E-state index in [0.717, 1.165) is 9.58 Å². The number of hydrogen-bond acceptors (Lipinski definition) is 5. The minimum Gasteiger partial charge on any atom is -0.343 e. The van der Waals surface area contributed by atoms with Crippen molar-refractivity contribution in [3.05, 3.63) is 6.33 Å². The Bertz CT molecular complexity index is 511. The Morgan fingerprint density at radius 2 is 2.10 bits per heavy atom. The molecule has 0 aliphatic carbocycles. The van der Waals surface area contributed by atoms with Gasteiger partial charge in [-0.2, -0.15) is 13.2 Å². The van der Waals surface area contributed by atoms with Gasteiger partial charge in [0.15, 0.2) is 0 Å². The number of aromatic nitrogens is 4. The molecule has 116 valence electrons. The standard InChI is InChI=1S/C10H13F3N6O2/c1-6(15-8(20)4-19-5-14-16-17-19)9(21)18-2-7(3-18)10(11,12)13/h5-7H,2-4H2,1H3,(H,15,20)/t6-/m1/s1. The first-order chi connectivity index (χ1) is 9.77. The van der Waals surface area contributed by atoms with Crippen molar-refractivity contribution in [3.8, 4) is 0 Å². The molecular formula is C10H13F3N6O2. The van der Waals surface area contributed by atoms with Crippen molar-refractivity contribution in [2.24, 2.45) is 5.92 Å². The number of likely N-dealkylation sites (tertiary alicyclic amines) is 1. The molecule has 0 radical (unpaired) electrons. The fourth-order valence-electron chi connectivity index (χ4n) is 1.89. The lowest BCUT2D eigenvalue weighted by molar-refractivity contribution is -0.210. The molecular weight excluding hydrogens is 293 g/mol. The Morgan fingerprint density at radius 3 is 2.62 bits per heavy atom. The predicted molar refractivity (Wildman–Crippen MR) is 61.5 cm³/mol. The second-order valence-corrected chi connectivity index (χ2v) is 4.78. The monoisotopic (exact) mass is 306 g/mol. The summed E-state index contributed by atoms with van der Waals surface area (Å²) in [6.45, 7) is 0.515. The minimum atomic E-state index is -4.29. The Hall–Kier alpha value is -2.20. The van der Waals surface area contributed by atoms with Crippen LogP contribution in [0.5, 0.6) is 0 Å². The molecule has 1 aromatic heterocycles. The van der Waals surface area contributed by atoms with Crippen LogP contribution in [0.2, 0.25) is 0 Å². The summed E-state index contributed by atoms with van der Waals surface area (Å²) in [6, 6.07) is -0.900. The summed E-state index contributed by atoms with van der Waals surface area (Å²) < 4.78 is 38.2. The molecule has 1 aliphatic heterocycles. The van der Waals surface area contributed by atoms with E-state index in [4.69, 9.17) is 0 Å². The van der Waals surface area contributed by atoms with Gasteiger partial charge in [-0.1, -0.05) is 0 Å². The highest BCUT2D eigenvalue weighted by Gasteiger charge is 2.49. The smallest absolute Gasteiger partial charge is 0.343 e. The van der Waals surface area contributed by atoms with Crippen LogP contribution in [0.15, 0.2) is 6.33 Å². The Morgan fingerprint density at radius 1 is 1.43 bits per heavy atom. The molecule has 1 atom stereocenters. The lowest BCUT2D eigenvalue weighted by Gasteiger charge is -2.41. The van der Waals surface area contributed by atoms with Crippen LogP contribution in [0.4, 0.5) is 13.2 Å². The van der Waals surface area contributed by atoms with Gasteiger partial charge in [-0.05, 0) is 17.4 Å². The van der Waals surface area contributed by atoms with E-state index in [2.05, 4.69) is 20.8 Å². The number of carbonyl (C=O) groups is 2. The minimum absolute atomic E-state index is 0.171. The third-order valence-corrected chi connectivity index (χ3v) is 3.10. The van der Waals surface area contributed by atoms with E-state index in [0.29, 0.717) is 0 Å². The van der Waals surface area contributed by atoms with Gasteiger partial charge in [0, 0.05) is 13.1 Å². The van der Waals surface area contributed by atoms with Gasteiger partial charge in [0.25, 0.3) is 0 Å². The molecule has 1 aliphatic rings. The molecule has 1 aromatic rings. The molecule has 1 fully saturated rings. The van der Waals surface area contributed by atoms with Crippen molar-refractivity contribution in [2.45, 2.75) is 25.7 Å². The van der Waals surface area contributed by atoms with Crippen LogP contribution in [0.25, 0.3) is 0 Å². The molecule has 1 N–H and O–H groups in total. The fraction of sp³-hybridized carbons (Fsp3) is 0.700. The van der Waals surface area contributed by atoms with Crippen molar-refractivity contribution < 1.29 is 22.8 Å². The number of hydrogen-bond donors (Lipinski definition) is 1. The van der Waals surface area contributed by atoms with Crippen LogP contribution in [0, 0.1) is 5.92 Å². The van der Waals surface area contributed by atoms with Gasteiger partial charge in [-0.3, -0.25) is 9.59 Å². The SMILES string of the molecule is C[C@@H](NC(=O)Cn1cnnn1)C(=O)N1CC(C(F)(F)F)C1. The van der Waals surface area contributed by atoms with Gasteiger partial charge in [0.05, 0.1) is 5.92 Å². The first-order valence-electron chi connectivity index (χ1n) is 6.13. The number of carbonyl (C=O) groups excluding carboxylic acids is 2. The molecule has 2 rings (SSSR count). The molecule has 8 nitrogen and oxygen atoms in total. The first kappa shape index (κ1) is 15.2. The second kappa shape index (κ2) is 5.66. The Labute approximate surface area is 117 Å². The highest BCUT2D eigenvalue weighted by atomic mass is 19.4. The fourth-order valence-corrected chi connectivity index (χ4v) is 1.89. The van der Waals surface area contributed by atoms with E-state index >= 15 is 0 Å². The van der Waals surface area contributed by atoms with Crippen LogP contribution < -0.4 is 5.32 Å². The third-order valence-electron chi connectivity index (χ3n) is 3.10.